The lowest BCUT2D eigenvalue weighted by Gasteiger charge is -2.02. The van der Waals surface area contributed by atoms with E-state index in [0.29, 0.717) is 20.6 Å². The van der Waals surface area contributed by atoms with Gasteiger partial charge in [-0.15, -0.1) is 0 Å². The van der Waals surface area contributed by atoms with Crippen LogP contribution in [0.3, 0.4) is 0 Å². The largest absolute Gasteiger partial charge is 0.289 e. The summed E-state index contributed by atoms with van der Waals surface area (Å²) in [6, 6.07) is 21.0. The van der Waals surface area contributed by atoms with Crippen LogP contribution >= 0.6 is 34.8 Å². The third-order valence-electron chi connectivity index (χ3n) is 4.31. The molecule has 0 bridgehead atoms. The molecule has 0 amide bonds. The Kier molecular flexibility index (Phi) is 8.02. The molecule has 5 heteroatoms. The standard InChI is InChI=1S/C26H17Cl3O2/c27-21-9-1-18(2-10-21)7-15-25(30)24(17-20-5-13-23(29)14-6-20)26(31)16-8-19-3-11-22(28)12-4-19/h1-17H/b15-7+,16-8+. The fourth-order valence-electron chi connectivity index (χ4n) is 2.66. The zero-order chi connectivity index (χ0) is 22.2. The lowest BCUT2D eigenvalue weighted by molar-refractivity contribution is -0.116. The van der Waals surface area contributed by atoms with Crippen LogP contribution in [-0.4, -0.2) is 11.6 Å². The van der Waals surface area contributed by atoms with Crippen LogP contribution in [-0.2, 0) is 9.59 Å². The number of carbonyl (C=O) groups is 2. The number of carbonyl (C=O) groups excluding carboxylic acids is 2. The Bertz CT molecular complexity index is 1090. The molecule has 3 aromatic rings. The number of benzene rings is 3. The van der Waals surface area contributed by atoms with Crippen LogP contribution in [0.15, 0.2) is 90.5 Å². The van der Waals surface area contributed by atoms with Crippen molar-refractivity contribution in [1.29, 1.82) is 0 Å². The Hall–Kier alpha value is -2.91. The highest BCUT2D eigenvalue weighted by molar-refractivity contribution is 6.32. The Morgan fingerprint density at radius 3 is 1.19 bits per heavy atom. The van der Waals surface area contributed by atoms with Crippen LogP contribution in [0.4, 0.5) is 0 Å². The maximum Gasteiger partial charge on any atom is 0.189 e. The second-order valence-corrected chi connectivity index (χ2v) is 7.92. The summed E-state index contributed by atoms with van der Waals surface area (Å²) < 4.78 is 0. The maximum atomic E-state index is 12.9. The minimum atomic E-state index is -0.407. The van der Waals surface area contributed by atoms with Gasteiger partial charge in [-0.1, -0.05) is 83.4 Å². The summed E-state index contributed by atoms with van der Waals surface area (Å²) in [6.07, 6.45) is 7.59. The highest BCUT2D eigenvalue weighted by Crippen LogP contribution is 2.17. The van der Waals surface area contributed by atoms with E-state index < -0.39 is 11.6 Å². The fraction of sp³-hybridized carbons (Fsp3) is 0. The normalized spacial score (nSPS) is 11.1. The monoisotopic (exact) mass is 466 g/mol. The van der Waals surface area contributed by atoms with Crippen molar-refractivity contribution in [2.24, 2.45) is 0 Å². The summed E-state index contributed by atoms with van der Waals surface area (Å²) in [5.41, 5.74) is 2.33. The lowest BCUT2D eigenvalue weighted by atomic mass is 10.0. The van der Waals surface area contributed by atoms with Crippen LogP contribution in [0.1, 0.15) is 16.7 Å². The molecule has 0 saturated carbocycles. The number of ketones is 2. The molecule has 0 aliphatic heterocycles. The SMILES string of the molecule is O=C(/C=C/c1ccc(Cl)cc1)C(=Cc1ccc(Cl)cc1)C(=O)/C=C/c1ccc(Cl)cc1. The van der Waals surface area contributed by atoms with Crippen molar-refractivity contribution in [1.82, 2.24) is 0 Å². The summed E-state index contributed by atoms with van der Waals surface area (Å²) >= 11 is 17.7. The molecule has 0 fully saturated rings. The Balaban J connectivity index is 1.88. The smallest absolute Gasteiger partial charge is 0.189 e. The summed E-state index contributed by atoms with van der Waals surface area (Å²) in [7, 11) is 0. The molecule has 0 spiro atoms. The lowest BCUT2D eigenvalue weighted by Crippen LogP contribution is -2.08. The molecule has 0 radical (unpaired) electrons. The van der Waals surface area contributed by atoms with Gasteiger partial charge in [0.2, 0.25) is 0 Å². The van der Waals surface area contributed by atoms with E-state index in [4.69, 9.17) is 34.8 Å². The number of rotatable bonds is 7. The van der Waals surface area contributed by atoms with E-state index in [1.54, 1.807) is 91.0 Å². The predicted molar refractivity (Wildman–Crippen MR) is 130 cm³/mol. The first-order chi connectivity index (χ1) is 14.9. The molecule has 0 saturated heterocycles. The molecule has 0 aromatic heterocycles. The molecule has 0 heterocycles. The topological polar surface area (TPSA) is 34.1 Å². The van der Waals surface area contributed by atoms with E-state index >= 15 is 0 Å². The summed E-state index contributed by atoms with van der Waals surface area (Å²) in [4.78, 5) is 25.7. The Morgan fingerprint density at radius 1 is 0.516 bits per heavy atom. The van der Waals surface area contributed by atoms with Gasteiger partial charge in [0.25, 0.3) is 0 Å². The van der Waals surface area contributed by atoms with Gasteiger partial charge in [-0.05, 0) is 71.3 Å². The van der Waals surface area contributed by atoms with Crippen LogP contribution in [0, 0.1) is 0 Å². The van der Waals surface area contributed by atoms with Gasteiger partial charge >= 0.3 is 0 Å². The van der Waals surface area contributed by atoms with Crippen LogP contribution in [0.5, 0.6) is 0 Å². The minimum absolute atomic E-state index is 0.0396. The van der Waals surface area contributed by atoms with Crippen molar-refractivity contribution in [2.45, 2.75) is 0 Å². The molecule has 0 atom stereocenters. The second-order valence-electron chi connectivity index (χ2n) is 6.61. The van der Waals surface area contributed by atoms with E-state index in [9.17, 15) is 9.59 Å². The number of halogens is 3. The molecule has 0 aliphatic carbocycles. The van der Waals surface area contributed by atoms with Gasteiger partial charge in [0, 0.05) is 15.1 Å². The van der Waals surface area contributed by atoms with E-state index in [-0.39, 0.29) is 5.57 Å². The molecule has 2 nitrogen and oxygen atoms in total. The van der Waals surface area contributed by atoms with Crippen molar-refractivity contribution in [3.63, 3.8) is 0 Å². The van der Waals surface area contributed by atoms with E-state index in [0.717, 1.165) is 11.1 Å². The van der Waals surface area contributed by atoms with Gasteiger partial charge in [0.1, 0.15) is 0 Å². The van der Waals surface area contributed by atoms with Gasteiger partial charge in [0.05, 0.1) is 5.57 Å². The van der Waals surface area contributed by atoms with Crippen molar-refractivity contribution < 1.29 is 9.59 Å². The molecule has 154 valence electrons. The number of allylic oxidation sites excluding steroid dienone is 3. The van der Waals surface area contributed by atoms with E-state index in [2.05, 4.69) is 0 Å². The van der Waals surface area contributed by atoms with Gasteiger partial charge in [-0.25, -0.2) is 0 Å². The minimum Gasteiger partial charge on any atom is -0.289 e. The van der Waals surface area contributed by atoms with Gasteiger partial charge in [0.15, 0.2) is 11.6 Å². The third-order valence-corrected chi connectivity index (χ3v) is 5.06. The van der Waals surface area contributed by atoms with Crippen molar-refractivity contribution in [3.05, 3.63) is 122 Å². The Labute approximate surface area is 196 Å². The van der Waals surface area contributed by atoms with Crippen molar-refractivity contribution >= 4 is 64.6 Å². The van der Waals surface area contributed by atoms with Crippen LogP contribution in [0.25, 0.3) is 18.2 Å². The molecule has 0 N–H and O–H groups in total. The molecule has 0 unspecified atom stereocenters. The fourth-order valence-corrected chi connectivity index (χ4v) is 3.04. The summed E-state index contributed by atoms with van der Waals surface area (Å²) in [6.45, 7) is 0. The Morgan fingerprint density at radius 2 is 0.839 bits per heavy atom. The van der Waals surface area contributed by atoms with Gasteiger partial charge in [-0.3, -0.25) is 9.59 Å². The van der Waals surface area contributed by atoms with Gasteiger partial charge in [-0.2, -0.15) is 0 Å². The molecule has 3 rings (SSSR count). The van der Waals surface area contributed by atoms with E-state index in [1.165, 1.54) is 12.2 Å². The highest BCUT2D eigenvalue weighted by atomic mass is 35.5. The third kappa shape index (κ3) is 7.08. The highest BCUT2D eigenvalue weighted by Gasteiger charge is 2.14. The average Bonchev–Trinajstić information content (AvgIpc) is 2.77. The molecular formula is C26H17Cl3O2. The summed E-state index contributed by atoms with van der Waals surface area (Å²) in [5, 5.41) is 1.78. The maximum absolute atomic E-state index is 12.9. The average molecular weight is 468 g/mol. The second kappa shape index (κ2) is 10.9. The number of hydrogen-bond donors (Lipinski definition) is 0. The molecule has 31 heavy (non-hydrogen) atoms. The number of hydrogen-bond acceptors (Lipinski definition) is 2. The quantitative estimate of drug-likeness (QED) is 0.204. The first kappa shape index (κ1) is 22.8. The molecule has 3 aromatic carbocycles. The van der Waals surface area contributed by atoms with Crippen LogP contribution < -0.4 is 0 Å². The zero-order valence-corrected chi connectivity index (χ0v) is 18.5. The van der Waals surface area contributed by atoms with Crippen molar-refractivity contribution in [2.75, 3.05) is 0 Å². The first-order valence-electron chi connectivity index (χ1n) is 9.34. The first-order valence-corrected chi connectivity index (χ1v) is 10.5. The zero-order valence-electron chi connectivity index (χ0n) is 16.3. The van der Waals surface area contributed by atoms with Crippen LogP contribution in [0.2, 0.25) is 15.1 Å². The predicted octanol–water partition coefficient (Wildman–Crippen LogP) is 7.60. The van der Waals surface area contributed by atoms with E-state index in [1.807, 2.05) is 0 Å². The molecule has 0 aliphatic rings. The molecular weight excluding hydrogens is 451 g/mol. The van der Waals surface area contributed by atoms with Gasteiger partial charge < -0.3 is 0 Å². The van der Waals surface area contributed by atoms with Crippen molar-refractivity contribution in [3.8, 4) is 0 Å². The summed E-state index contributed by atoms with van der Waals surface area (Å²) in [5.74, 6) is -0.814.